The summed E-state index contributed by atoms with van der Waals surface area (Å²) >= 11 is 0. The molecule has 14 aromatic rings. The summed E-state index contributed by atoms with van der Waals surface area (Å²) in [6, 6.07) is 70.0. The van der Waals surface area contributed by atoms with Gasteiger partial charge in [0.2, 0.25) is 0 Å². The molecular weight excluding hydrogens is 963 g/mol. The molecular formula is C74H57N3O2. The zero-order valence-corrected chi connectivity index (χ0v) is 44.6. The Labute approximate surface area is 458 Å². The summed E-state index contributed by atoms with van der Waals surface area (Å²) in [4.78, 5) is 0. The van der Waals surface area contributed by atoms with Gasteiger partial charge in [-0.2, -0.15) is 0 Å². The predicted molar refractivity (Wildman–Crippen MR) is 332 cm³/mol. The SMILES string of the molecule is C/C=C\c1c(CC)n(-c2ccccc2C)c2ccccc12.C1=Cc2c(c3ccccc3n2-c2cccc(-c3cccc4c3oc3ccc(-c5ccc6oc7c(-n8c9c(c%10ccccc%108)CCC=C9)cccc7c6c5)cc34)c2)CC1. The average molecular weight is 1020 g/mol. The molecule has 5 heterocycles. The minimum Gasteiger partial charge on any atom is -0.455 e. The van der Waals surface area contributed by atoms with Crippen LogP contribution in [0, 0.1) is 6.92 Å². The number of furan rings is 2. The first kappa shape index (κ1) is 46.7. The van der Waals surface area contributed by atoms with Gasteiger partial charge in [-0.1, -0.05) is 159 Å². The van der Waals surface area contributed by atoms with E-state index in [0.717, 1.165) is 110 Å². The maximum atomic E-state index is 6.72. The zero-order chi connectivity index (χ0) is 52.7. The van der Waals surface area contributed by atoms with Crippen LogP contribution in [0.15, 0.2) is 221 Å². The van der Waals surface area contributed by atoms with E-state index in [2.05, 4.69) is 265 Å². The van der Waals surface area contributed by atoms with Gasteiger partial charge in [-0.3, -0.25) is 0 Å². The monoisotopic (exact) mass is 1020 g/mol. The predicted octanol–water partition coefficient (Wildman–Crippen LogP) is 20.2. The highest BCUT2D eigenvalue weighted by Crippen LogP contribution is 2.43. The van der Waals surface area contributed by atoms with E-state index in [-0.39, 0.29) is 0 Å². The van der Waals surface area contributed by atoms with E-state index in [4.69, 9.17) is 8.83 Å². The third-order valence-electron chi connectivity index (χ3n) is 16.7. The Bertz CT molecular complexity index is 4860. The van der Waals surface area contributed by atoms with E-state index in [1.54, 1.807) is 0 Å². The average Bonchev–Trinajstić information content (AvgIpc) is 4.48. The van der Waals surface area contributed by atoms with E-state index >= 15 is 0 Å². The van der Waals surface area contributed by atoms with Gasteiger partial charge in [0.15, 0.2) is 5.58 Å². The van der Waals surface area contributed by atoms with E-state index in [9.17, 15) is 0 Å². The molecule has 0 radical (unpaired) electrons. The van der Waals surface area contributed by atoms with Crippen molar-refractivity contribution in [2.24, 2.45) is 0 Å². The van der Waals surface area contributed by atoms with Gasteiger partial charge in [0.05, 0.1) is 22.2 Å². The summed E-state index contributed by atoms with van der Waals surface area (Å²) in [7, 11) is 0. The number of hydrogen-bond donors (Lipinski definition) is 0. The standard InChI is InChI=1S/C54H36N2O2.C20H21N/c1-5-21-46-38(14-1)39-15-2-6-22-47(39)55(46)36-13-9-12-35(30-36)37-18-10-19-42-44-31-33(26-28-51(44)57-53(37)42)34-27-29-52-45(32-34)43-20-11-25-50(54(43)58-52)56-48-23-7-3-16-40(48)41-17-4-8-24-49(41)56;1-4-10-16-17-12-7-9-14-20(17)21(18(16)5-2)19-13-8-6-11-15(19)3/h1,3,5-14,16,18-32H,2,4,15,17H2;4,6-14H,5H2,1-3H3/b;10-4-. The first-order chi connectivity index (χ1) is 39.0. The lowest BCUT2D eigenvalue weighted by Crippen LogP contribution is -2.01. The second-order valence-corrected chi connectivity index (χ2v) is 21.2. The first-order valence-electron chi connectivity index (χ1n) is 28.0. The Morgan fingerprint density at radius 2 is 1.00 bits per heavy atom. The van der Waals surface area contributed by atoms with Crippen LogP contribution in [0.2, 0.25) is 0 Å². The van der Waals surface area contributed by atoms with Gasteiger partial charge >= 0.3 is 0 Å². The van der Waals surface area contributed by atoms with Gasteiger partial charge in [0.1, 0.15) is 16.7 Å². The molecule has 0 N–H and O–H groups in total. The summed E-state index contributed by atoms with van der Waals surface area (Å²) in [5, 5.41) is 8.44. The number of nitrogens with zero attached hydrogens (tertiary/aromatic N) is 3. The number of hydrogen-bond acceptors (Lipinski definition) is 2. The van der Waals surface area contributed by atoms with Gasteiger partial charge in [-0.15, -0.1) is 0 Å². The Kier molecular flexibility index (Phi) is 11.1. The Morgan fingerprint density at radius 1 is 0.456 bits per heavy atom. The fourth-order valence-corrected chi connectivity index (χ4v) is 13.2. The van der Waals surface area contributed by atoms with Gasteiger partial charge in [-0.05, 0) is 158 Å². The second-order valence-electron chi connectivity index (χ2n) is 21.2. The lowest BCUT2D eigenvalue weighted by atomic mass is 9.99. The van der Waals surface area contributed by atoms with Gasteiger partial charge in [0.25, 0.3) is 0 Å². The highest BCUT2D eigenvalue weighted by molar-refractivity contribution is 6.12. The quantitative estimate of drug-likeness (QED) is 0.160. The van der Waals surface area contributed by atoms with Crippen molar-refractivity contribution < 1.29 is 8.83 Å². The minimum atomic E-state index is 0.883. The molecule has 2 aliphatic carbocycles. The molecule has 5 nitrogen and oxygen atoms in total. The third kappa shape index (κ3) is 7.44. The van der Waals surface area contributed by atoms with Crippen molar-refractivity contribution in [3.63, 3.8) is 0 Å². The van der Waals surface area contributed by atoms with Crippen LogP contribution in [0.1, 0.15) is 66.0 Å². The summed E-state index contributed by atoms with van der Waals surface area (Å²) < 4.78 is 20.7. The smallest absolute Gasteiger partial charge is 0.159 e. The van der Waals surface area contributed by atoms with Crippen LogP contribution in [-0.2, 0) is 19.3 Å². The molecule has 0 saturated carbocycles. The molecule has 79 heavy (non-hydrogen) atoms. The van der Waals surface area contributed by atoms with Crippen molar-refractivity contribution in [3.8, 4) is 39.3 Å². The molecule has 0 saturated heterocycles. The van der Waals surface area contributed by atoms with Crippen LogP contribution in [0.5, 0.6) is 0 Å². The van der Waals surface area contributed by atoms with Crippen molar-refractivity contribution in [3.05, 3.63) is 252 Å². The largest absolute Gasteiger partial charge is 0.455 e. The minimum absolute atomic E-state index is 0.883. The molecule has 2 aliphatic rings. The highest BCUT2D eigenvalue weighted by atomic mass is 16.3. The number of fused-ring (bicyclic) bond motifs is 13. The van der Waals surface area contributed by atoms with Crippen LogP contribution in [0.25, 0.3) is 134 Å². The van der Waals surface area contributed by atoms with Crippen molar-refractivity contribution >= 4 is 94.8 Å². The number of aromatic nitrogens is 3. The first-order valence-corrected chi connectivity index (χ1v) is 28.0. The normalized spacial score (nSPS) is 13.2. The molecule has 0 bridgehead atoms. The van der Waals surface area contributed by atoms with Crippen molar-refractivity contribution in [1.82, 2.24) is 13.7 Å². The van der Waals surface area contributed by atoms with Crippen LogP contribution in [0.3, 0.4) is 0 Å². The number of aryl methyl sites for hydroxylation is 3. The molecule has 0 spiro atoms. The van der Waals surface area contributed by atoms with E-state index < -0.39 is 0 Å². The molecule has 0 fully saturated rings. The lowest BCUT2D eigenvalue weighted by molar-refractivity contribution is 0.665. The maximum absolute atomic E-state index is 6.72. The summed E-state index contributed by atoms with van der Waals surface area (Å²) in [6.45, 7) is 6.49. The molecule has 0 amide bonds. The molecule has 380 valence electrons. The Hall–Kier alpha value is -9.58. The number of rotatable bonds is 7. The highest BCUT2D eigenvalue weighted by Gasteiger charge is 2.24. The third-order valence-corrected chi connectivity index (χ3v) is 16.7. The fourth-order valence-electron chi connectivity index (χ4n) is 13.2. The molecule has 0 unspecified atom stereocenters. The van der Waals surface area contributed by atoms with Crippen molar-refractivity contribution in [2.75, 3.05) is 0 Å². The van der Waals surface area contributed by atoms with Crippen molar-refractivity contribution in [2.45, 2.75) is 52.9 Å². The van der Waals surface area contributed by atoms with Crippen molar-refractivity contribution in [1.29, 1.82) is 0 Å². The van der Waals surface area contributed by atoms with E-state index in [1.165, 1.54) is 77.7 Å². The number of para-hydroxylation sites is 6. The molecule has 0 aliphatic heterocycles. The van der Waals surface area contributed by atoms with Gasteiger partial charge in [-0.25, -0.2) is 0 Å². The zero-order valence-electron chi connectivity index (χ0n) is 44.6. The van der Waals surface area contributed by atoms with Crippen LogP contribution in [0.4, 0.5) is 0 Å². The number of allylic oxidation sites excluding steroid dienone is 3. The van der Waals surface area contributed by atoms with Crippen LogP contribution in [-0.4, -0.2) is 13.7 Å². The molecule has 5 heteroatoms. The van der Waals surface area contributed by atoms with E-state index in [0.29, 0.717) is 0 Å². The fraction of sp³-hybridized carbons (Fsp3) is 0.108. The lowest BCUT2D eigenvalue weighted by Gasteiger charge is -2.13. The molecule has 9 aromatic carbocycles. The summed E-state index contributed by atoms with van der Waals surface area (Å²) in [5.41, 5.74) is 24.8. The van der Waals surface area contributed by atoms with Gasteiger partial charge in [0, 0.05) is 77.3 Å². The molecule has 0 atom stereocenters. The van der Waals surface area contributed by atoms with Crippen LogP contribution < -0.4 is 0 Å². The maximum Gasteiger partial charge on any atom is 0.159 e. The summed E-state index contributed by atoms with van der Waals surface area (Å²) in [5.74, 6) is 0. The second kappa shape index (κ2) is 18.9. The van der Waals surface area contributed by atoms with Gasteiger partial charge < -0.3 is 22.5 Å². The molecule has 5 aromatic heterocycles. The molecule has 16 rings (SSSR count). The summed E-state index contributed by atoms with van der Waals surface area (Å²) in [6.07, 6.45) is 18.8. The van der Waals surface area contributed by atoms with Crippen LogP contribution >= 0.6 is 0 Å². The topological polar surface area (TPSA) is 41.1 Å². The van der Waals surface area contributed by atoms with E-state index in [1.807, 2.05) is 0 Å². The number of benzene rings is 9. The Morgan fingerprint density at radius 3 is 1.67 bits per heavy atom. The Balaban J connectivity index is 0.000000217.